The van der Waals surface area contributed by atoms with Crippen LogP contribution in [0.15, 0.2) is 0 Å². The summed E-state index contributed by atoms with van der Waals surface area (Å²) in [5, 5.41) is 12.7. The van der Waals surface area contributed by atoms with Gasteiger partial charge in [-0.15, -0.1) is 0 Å². The van der Waals surface area contributed by atoms with Crippen LogP contribution in [0.1, 0.15) is 58.3 Å². The van der Waals surface area contributed by atoms with Gasteiger partial charge >= 0.3 is 5.97 Å². The molecule has 104 valence electrons. The SMILES string of the molecule is CCC1CCC(NCC2CCC(C(=O)O)CC2)C1. The molecule has 0 saturated heterocycles. The van der Waals surface area contributed by atoms with Gasteiger partial charge in [-0.3, -0.25) is 4.79 Å². The molecule has 0 spiro atoms. The maximum absolute atomic E-state index is 10.9. The van der Waals surface area contributed by atoms with Gasteiger partial charge in [0.05, 0.1) is 5.92 Å². The summed E-state index contributed by atoms with van der Waals surface area (Å²) in [5.74, 6) is 0.978. The Labute approximate surface area is 110 Å². The highest BCUT2D eigenvalue weighted by atomic mass is 16.4. The molecule has 3 nitrogen and oxygen atoms in total. The molecule has 2 saturated carbocycles. The molecule has 0 aromatic heterocycles. The zero-order valence-electron chi connectivity index (χ0n) is 11.5. The molecular formula is C15H27NO2. The van der Waals surface area contributed by atoms with Gasteiger partial charge in [0.2, 0.25) is 0 Å². The summed E-state index contributed by atoms with van der Waals surface area (Å²) in [4.78, 5) is 10.9. The minimum atomic E-state index is -0.594. The van der Waals surface area contributed by atoms with E-state index in [0.29, 0.717) is 5.92 Å². The van der Waals surface area contributed by atoms with E-state index in [-0.39, 0.29) is 5.92 Å². The Morgan fingerprint density at radius 1 is 1.11 bits per heavy atom. The van der Waals surface area contributed by atoms with Crippen molar-refractivity contribution in [1.29, 1.82) is 0 Å². The third kappa shape index (κ3) is 3.71. The molecule has 0 heterocycles. The summed E-state index contributed by atoms with van der Waals surface area (Å²) in [6.07, 6.45) is 9.33. The number of hydrogen-bond acceptors (Lipinski definition) is 2. The minimum absolute atomic E-state index is 0.0720. The predicted octanol–water partition coefficient (Wildman–Crippen LogP) is 3.05. The second kappa shape index (κ2) is 6.55. The number of carboxylic acids is 1. The summed E-state index contributed by atoms with van der Waals surface area (Å²) in [6, 6.07) is 0.729. The summed E-state index contributed by atoms with van der Waals surface area (Å²) in [7, 11) is 0. The number of rotatable bonds is 5. The van der Waals surface area contributed by atoms with Crippen LogP contribution in [-0.4, -0.2) is 23.7 Å². The summed E-state index contributed by atoms with van der Waals surface area (Å²) < 4.78 is 0. The molecule has 0 amide bonds. The van der Waals surface area contributed by atoms with Gasteiger partial charge in [0.25, 0.3) is 0 Å². The molecule has 18 heavy (non-hydrogen) atoms. The maximum atomic E-state index is 10.9. The lowest BCUT2D eigenvalue weighted by Gasteiger charge is -2.27. The third-order valence-corrected chi connectivity index (χ3v) is 5.01. The van der Waals surface area contributed by atoms with E-state index >= 15 is 0 Å². The van der Waals surface area contributed by atoms with Crippen molar-refractivity contribution >= 4 is 5.97 Å². The predicted molar refractivity (Wildman–Crippen MR) is 72.5 cm³/mol. The quantitative estimate of drug-likeness (QED) is 0.791. The number of hydrogen-bond donors (Lipinski definition) is 2. The topological polar surface area (TPSA) is 49.3 Å². The zero-order valence-corrected chi connectivity index (χ0v) is 11.5. The van der Waals surface area contributed by atoms with Gasteiger partial charge in [0.15, 0.2) is 0 Å². The van der Waals surface area contributed by atoms with Gasteiger partial charge in [-0.25, -0.2) is 0 Å². The Kier molecular flexibility index (Phi) is 5.04. The molecule has 2 fully saturated rings. The Balaban J connectivity index is 1.62. The molecular weight excluding hydrogens is 226 g/mol. The van der Waals surface area contributed by atoms with Crippen molar-refractivity contribution in [3.63, 3.8) is 0 Å². The maximum Gasteiger partial charge on any atom is 0.306 e. The zero-order chi connectivity index (χ0) is 13.0. The number of aliphatic carboxylic acids is 1. The van der Waals surface area contributed by atoms with Crippen LogP contribution in [0.2, 0.25) is 0 Å². The van der Waals surface area contributed by atoms with E-state index in [1.807, 2.05) is 0 Å². The van der Waals surface area contributed by atoms with Gasteiger partial charge < -0.3 is 10.4 Å². The Morgan fingerprint density at radius 3 is 2.33 bits per heavy atom. The van der Waals surface area contributed by atoms with E-state index in [1.54, 1.807) is 0 Å². The highest BCUT2D eigenvalue weighted by molar-refractivity contribution is 5.69. The molecule has 2 N–H and O–H groups in total. The van der Waals surface area contributed by atoms with E-state index in [2.05, 4.69) is 12.2 Å². The van der Waals surface area contributed by atoms with E-state index < -0.39 is 5.97 Å². The van der Waals surface area contributed by atoms with Gasteiger partial charge in [-0.2, -0.15) is 0 Å². The number of nitrogens with one attached hydrogen (secondary N) is 1. The van der Waals surface area contributed by atoms with Gasteiger partial charge in [0, 0.05) is 6.04 Å². The van der Waals surface area contributed by atoms with Crippen LogP contribution in [0.25, 0.3) is 0 Å². The molecule has 2 atom stereocenters. The molecule has 0 radical (unpaired) electrons. The normalized spacial score (nSPS) is 36.7. The van der Waals surface area contributed by atoms with E-state index in [9.17, 15) is 4.79 Å². The fraction of sp³-hybridized carbons (Fsp3) is 0.933. The molecule has 0 aliphatic heterocycles. The second-order valence-electron chi connectivity index (χ2n) is 6.25. The smallest absolute Gasteiger partial charge is 0.306 e. The minimum Gasteiger partial charge on any atom is -0.481 e. The first-order valence-corrected chi connectivity index (χ1v) is 7.65. The lowest BCUT2D eigenvalue weighted by atomic mass is 9.82. The number of carboxylic acid groups (broad SMARTS) is 1. The van der Waals surface area contributed by atoms with Crippen LogP contribution in [0.4, 0.5) is 0 Å². The fourth-order valence-corrected chi connectivity index (χ4v) is 3.58. The van der Waals surface area contributed by atoms with Gasteiger partial charge in [-0.05, 0) is 63.3 Å². The first kappa shape index (κ1) is 13.9. The molecule has 2 aliphatic rings. The molecule has 2 aliphatic carbocycles. The van der Waals surface area contributed by atoms with Crippen LogP contribution in [0, 0.1) is 17.8 Å². The third-order valence-electron chi connectivity index (χ3n) is 5.01. The fourth-order valence-electron chi connectivity index (χ4n) is 3.58. The van der Waals surface area contributed by atoms with Crippen molar-refractivity contribution in [2.45, 2.75) is 64.3 Å². The van der Waals surface area contributed by atoms with Crippen LogP contribution in [0.3, 0.4) is 0 Å². The van der Waals surface area contributed by atoms with Crippen LogP contribution >= 0.6 is 0 Å². The van der Waals surface area contributed by atoms with E-state index in [0.717, 1.165) is 44.2 Å². The number of carbonyl (C=O) groups is 1. The summed E-state index contributed by atoms with van der Waals surface area (Å²) in [6.45, 7) is 3.40. The van der Waals surface area contributed by atoms with Crippen molar-refractivity contribution in [2.24, 2.45) is 17.8 Å². The second-order valence-corrected chi connectivity index (χ2v) is 6.25. The first-order valence-electron chi connectivity index (χ1n) is 7.65. The highest BCUT2D eigenvalue weighted by Gasteiger charge is 2.27. The van der Waals surface area contributed by atoms with Crippen LogP contribution < -0.4 is 5.32 Å². The van der Waals surface area contributed by atoms with Crippen molar-refractivity contribution in [3.8, 4) is 0 Å². The van der Waals surface area contributed by atoms with Crippen molar-refractivity contribution in [3.05, 3.63) is 0 Å². The Morgan fingerprint density at radius 2 is 1.78 bits per heavy atom. The largest absolute Gasteiger partial charge is 0.481 e. The standard InChI is InChI=1S/C15H27NO2/c1-2-11-5-8-14(9-11)16-10-12-3-6-13(7-4-12)15(17)18/h11-14,16H,2-10H2,1H3,(H,17,18). The van der Waals surface area contributed by atoms with E-state index in [4.69, 9.17) is 5.11 Å². The highest BCUT2D eigenvalue weighted by Crippen LogP contribution is 2.30. The van der Waals surface area contributed by atoms with E-state index in [1.165, 1.54) is 25.7 Å². The molecule has 3 heteroatoms. The Bertz CT molecular complexity index is 272. The lowest BCUT2D eigenvalue weighted by molar-refractivity contribution is -0.143. The van der Waals surface area contributed by atoms with Gasteiger partial charge in [0.1, 0.15) is 0 Å². The Hall–Kier alpha value is -0.570. The van der Waals surface area contributed by atoms with Crippen molar-refractivity contribution in [1.82, 2.24) is 5.32 Å². The molecule has 0 bridgehead atoms. The lowest BCUT2D eigenvalue weighted by Crippen LogP contribution is -2.34. The average molecular weight is 253 g/mol. The van der Waals surface area contributed by atoms with Crippen LogP contribution in [-0.2, 0) is 4.79 Å². The molecule has 2 unspecified atom stereocenters. The van der Waals surface area contributed by atoms with Crippen molar-refractivity contribution < 1.29 is 9.90 Å². The van der Waals surface area contributed by atoms with Gasteiger partial charge in [-0.1, -0.05) is 13.3 Å². The van der Waals surface area contributed by atoms with Crippen molar-refractivity contribution in [2.75, 3.05) is 6.54 Å². The first-order chi connectivity index (χ1) is 8.69. The van der Waals surface area contributed by atoms with Crippen LogP contribution in [0.5, 0.6) is 0 Å². The molecule has 2 rings (SSSR count). The summed E-state index contributed by atoms with van der Waals surface area (Å²) >= 11 is 0. The molecule has 0 aromatic carbocycles. The molecule has 0 aromatic rings. The summed E-state index contributed by atoms with van der Waals surface area (Å²) in [5.41, 5.74) is 0. The average Bonchev–Trinajstić information content (AvgIpc) is 2.85. The monoisotopic (exact) mass is 253 g/mol.